The predicted molar refractivity (Wildman–Crippen MR) is 117 cm³/mol. The van der Waals surface area contributed by atoms with Gasteiger partial charge in [0.25, 0.3) is 0 Å². The molecule has 0 aliphatic carbocycles. The van der Waals surface area contributed by atoms with Gasteiger partial charge in [-0.1, -0.05) is 11.6 Å². The Bertz CT molecular complexity index is 950. The Balaban J connectivity index is 1.42. The molecule has 31 heavy (non-hydrogen) atoms. The van der Waals surface area contributed by atoms with E-state index in [1.807, 2.05) is 0 Å². The maximum Gasteiger partial charge on any atom is 0.313 e. The molecule has 3 rings (SSSR count). The van der Waals surface area contributed by atoms with Crippen molar-refractivity contribution in [3.8, 4) is 5.75 Å². The molecule has 1 aliphatic rings. The van der Waals surface area contributed by atoms with E-state index in [-0.39, 0.29) is 11.8 Å². The molecule has 0 unspecified atom stereocenters. The van der Waals surface area contributed by atoms with Crippen LogP contribution >= 0.6 is 11.6 Å². The second-order valence-electron chi connectivity index (χ2n) is 7.13. The van der Waals surface area contributed by atoms with Gasteiger partial charge in [0.15, 0.2) is 0 Å². The van der Waals surface area contributed by atoms with Crippen LogP contribution in [-0.4, -0.2) is 49.4 Å². The van der Waals surface area contributed by atoms with Gasteiger partial charge in [-0.05, 0) is 55.2 Å². The number of methoxy groups -OCH3 is 1. The van der Waals surface area contributed by atoms with Crippen LogP contribution in [0.4, 0.5) is 5.69 Å². The minimum Gasteiger partial charge on any atom is -0.495 e. The van der Waals surface area contributed by atoms with Crippen LogP contribution < -0.4 is 15.4 Å². The zero-order valence-electron chi connectivity index (χ0n) is 17.1. The summed E-state index contributed by atoms with van der Waals surface area (Å²) in [6.45, 7) is 1.55. The van der Waals surface area contributed by atoms with Crippen LogP contribution in [-0.2, 0) is 14.4 Å². The molecule has 0 spiro atoms. The summed E-state index contributed by atoms with van der Waals surface area (Å²) in [4.78, 5) is 38.4. The van der Waals surface area contributed by atoms with E-state index in [2.05, 4.69) is 10.6 Å². The summed E-state index contributed by atoms with van der Waals surface area (Å²) in [7, 11) is 1.46. The van der Waals surface area contributed by atoms with Crippen molar-refractivity contribution in [2.24, 2.45) is 5.92 Å². The number of hydrogen-bond acceptors (Lipinski definition) is 5. The van der Waals surface area contributed by atoms with Gasteiger partial charge < -0.3 is 24.7 Å². The molecule has 0 saturated carbocycles. The van der Waals surface area contributed by atoms with E-state index >= 15 is 0 Å². The fourth-order valence-electron chi connectivity index (χ4n) is 3.28. The zero-order valence-corrected chi connectivity index (χ0v) is 17.9. The second-order valence-corrected chi connectivity index (χ2v) is 7.56. The third-order valence-corrected chi connectivity index (χ3v) is 5.26. The standard InChI is InChI=1S/C22H24ClN3O5/c1-30-19-6-4-16(23)13-18(19)25-22(29)21(28)24-14-15-8-10-26(11-9-15)20(27)7-5-17-3-2-12-31-17/h2-7,12-13,15H,8-11,14H2,1H3,(H,24,28)(H,25,29)/b7-5+. The van der Waals surface area contributed by atoms with Gasteiger partial charge in [0, 0.05) is 30.7 Å². The molecule has 0 radical (unpaired) electrons. The van der Waals surface area contributed by atoms with Gasteiger partial charge in [-0.2, -0.15) is 0 Å². The minimum atomic E-state index is -0.795. The molecule has 2 heterocycles. The van der Waals surface area contributed by atoms with Crippen molar-refractivity contribution in [1.29, 1.82) is 0 Å². The van der Waals surface area contributed by atoms with Crippen LogP contribution in [0.1, 0.15) is 18.6 Å². The fraction of sp³-hybridized carbons (Fsp3) is 0.318. The predicted octanol–water partition coefficient (Wildman–Crippen LogP) is 2.95. The molecule has 3 amide bonds. The number of carbonyl (C=O) groups excluding carboxylic acids is 3. The summed E-state index contributed by atoms with van der Waals surface area (Å²) in [5.74, 6) is -0.384. The molecular weight excluding hydrogens is 422 g/mol. The number of amides is 3. The van der Waals surface area contributed by atoms with E-state index in [0.717, 1.165) is 12.8 Å². The minimum absolute atomic E-state index is 0.0752. The number of carbonyl (C=O) groups is 3. The quantitative estimate of drug-likeness (QED) is 0.526. The van der Waals surface area contributed by atoms with Gasteiger partial charge in [-0.15, -0.1) is 0 Å². The van der Waals surface area contributed by atoms with Gasteiger partial charge in [-0.3, -0.25) is 14.4 Å². The van der Waals surface area contributed by atoms with E-state index in [1.165, 1.54) is 19.3 Å². The lowest BCUT2D eigenvalue weighted by molar-refractivity contribution is -0.136. The molecule has 1 aromatic heterocycles. The summed E-state index contributed by atoms with van der Waals surface area (Å²) in [6.07, 6.45) is 6.17. The lowest BCUT2D eigenvalue weighted by Gasteiger charge is -2.31. The van der Waals surface area contributed by atoms with Crippen molar-refractivity contribution in [3.63, 3.8) is 0 Å². The Hall–Kier alpha value is -3.26. The Morgan fingerprint density at radius 3 is 2.68 bits per heavy atom. The number of furan rings is 1. The molecule has 8 nitrogen and oxygen atoms in total. The molecule has 0 atom stereocenters. The second kappa shape index (κ2) is 10.7. The highest BCUT2D eigenvalue weighted by molar-refractivity contribution is 6.40. The van der Waals surface area contributed by atoms with E-state index in [4.69, 9.17) is 20.8 Å². The highest BCUT2D eigenvalue weighted by atomic mass is 35.5. The smallest absolute Gasteiger partial charge is 0.313 e. The number of nitrogens with zero attached hydrogens (tertiary/aromatic N) is 1. The Kier molecular flexibility index (Phi) is 7.72. The van der Waals surface area contributed by atoms with Crippen LogP contribution in [0.25, 0.3) is 6.08 Å². The lowest BCUT2D eigenvalue weighted by Crippen LogP contribution is -2.43. The number of nitrogens with one attached hydrogen (secondary N) is 2. The Labute approximate surface area is 185 Å². The van der Waals surface area contributed by atoms with Gasteiger partial charge >= 0.3 is 11.8 Å². The molecule has 164 valence electrons. The SMILES string of the molecule is COc1ccc(Cl)cc1NC(=O)C(=O)NCC1CCN(C(=O)/C=C/c2ccco2)CC1. The van der Waals surface area contributed by atoms with E-state index in [1.54, 1.807) is 41.5 Å². The van der Waals surface area contributed by atoms with Gasteiger partial charge in [0.1, 0.15) is 11.5 Å². The third kappa shape index (κ3) is 6.36. The molecule has 0 bridgehead atoms. The number of hydrogen-bond donors (Lipinski definition) is 2. The van der Waals surface area contributed by atoms with Crippen LogP contribution in [0.2, 0.25) is 5.02 Å². The average Bonchev–Trinajstić information content (AvgIpc) is 3.30. The van der Waals surface area contributed by atoms with Gasteiger partial charge in [-0.25, -0.2) is 0 Å². The molecule has 1 saturated heterocycles. The highest BCUT2D eigenvalue weighted by Crippen LogP contribution is 2.27. The van der Waals surface area contributed by atoms with E-state index in [9.17, 15) is 14.4 Å². The monoisotopic (exact) mass is 445 g/mol. The summed E-state index contributed by atoms with van der Waals surface area (Å²) in [6, 6.07) is 8.28. The Morgan fingerprint density at radius 1 is 1.23 bits per heavy atom. The van der Waals surface area contributed by atoms with Crippen molar-refractivity contribution in [1.82, 2.24) is 10.2 Å². The zero-order chi connectivity index (χ0) is 22.2. The maximum atomic E-state index is 12.3. The van der Waals surface area contributed by atoms with Crippen molar-refractivity contribution in [3.05, 3.63) is 53.5 Å². The lowest BCUT2D eigenvalue weighted by atomic mass is 9.96. The first kappa shape index (κ1) is 22.4. The fourth-order valence-corrected chi connectivity index (χ4v) is 3.45. The van der Waals surface area contributed by atoms with Crippen molar-refractivity contribution in [2.45, 2.75) is 12.8 Å². The first-order valence-electron chi connectivity index (χ1n) is 9.89. The van der Waals surface area contributed by atoms with Crippen LogP contribution in [0.3, 0.4) is 0 Å². The van der Waals surface area contributed by atoms with Gasteiger partial charge in [0.2, 0.25) is 5.91 Å². The number of likely N-dealkylation sites (tertiary alicyclic amines) is 1. The maximum absolute atomic E-state index is 12.3. The summed E-state index contributed by atoms with van der Waals surface area (Å²) >= 11 is 5.93. The molecule has 2 aromatic rings. The summed E-state index contributed by atoms with van der Waals surface area (Å²) in [5.41, 5.74) is 0.324. The first-order valence-corrected chi connectivity index (χ1v) is 10.3. The highest BCUT2D eigenvalue weighted by Gasteiger charge is 2.23. The first-order chi connectivity index (χ1) is 15.0. The topological polar surface area (TPSA) is 101 Å². The largest absolute Gasteiger partial charge is 0.495 e. The summed E-state index contributed by atoms with van der Waals surface area (Å²) < 4.78 is 10.3. The molecular formula is C22H24ClN3O5. The number of ether oxygens (including phenoxy) is 1. The van der Waals surface area contributed by atoms with E-state index < -0.39 is 11.8 Å². The molecule has 9 heteroatoms. The number of anilines is 1. The number of halogens is 1. The van der Waals surface area contributed by atoms with Gasteiger partial charge in [0.05, 0.1) is 19.1 Å². The number of piperidine rings is 1. The number of benzene rings is 1. The van der Waals surface area contributed by atoms with Crippen molar-refractivity contribution >= 4 is 41.1 Å². The number of rotatable bonds is 6. The Morgan fingerprint density at radius 2 is 2.00 bits per heavy atom. The van der Waals surface area contributed by atoms with Crippen LogP contribution in [0.5, 0.6) is 5.75 Å². The molecule has 1 aromatic carbocycles. The normalized spacial score (nSPS) is 14.5. The van der Waals surface area contributed by atoms with Crippen molar-refractivity contribution < 1.29 is 23.5 Å². The molecule has 2 N–H and O–H groups in total. The third-order valence-electron chi connectivity index (χ3n) is 5.03. The average molecular weight is 446 g/mol. The van der Waals surface area contributed by atoms with Crippen molar-refractivity contribution in [2.75, 3.05) is 32.1 Å². The van der Waals surface area contributed by atoms with E-state index in [0.29, 0.717) is 41.9 Å². The van der Waals surface area contributed by atoms with Crippen LogP contribution in [0, 0.1) is 5.92 Å². The molecule has 1 fully saturated rings. The van der Waals surface area contributed by atoms with Crippen LogP contribution in [0.15, 0.2) is 47.1 Å². The summed E-state index contributed by atoms with van der Waals surface area (Å²) in [5, 5.41) is 5.58. The molecule has 1 aliphatic heterocycles.